The Kier molecular flexibility index (Phi) is 5.31. The number of rotatable bonds is 6. The van der Waals surface area contributed by atoms with Crippen LogP contribution in [0.2, 0.25) is 0 Å². The van der Waals surface area contributed by atoms with Gasteiger partial charge in [-0.05, 0) is 55.5 Å². The monoisotopic (exact) mass is 400 g/mol. The van der Waals surface area contributed by atoms with Gasteiger partial charge in [0, 0.05) is 30.6 Å². The summed E-state index contributed by atoms with van der Waals surface area (Å²) in [5, 5.41) is 7.85. The van der Waals surface area contributed by atoms with Gasteiger partial charge in [0.25, 0.3) is 0 Å². The zero-order valence-electron chi connectivity index (χ0n) is 16.8. The smallest absolute Gasteiger partial charge is 0.173 e. The first-order valence-electron chi connectivity index (χ1n) is 9.61. The topological polar surface area (TPSA) is 70.9 Å². The van der Waals surface area contributed by atoms with E-state index in [-0.39, 0.29) is 0 Å². The molecule has 0 aliphatic rings. The number of fused-ring (bicyclic) bond motifs is 2. The molecule has 4 heterocycles. The highest BCUT2D eigenvalue weighted by molar-refractivity contribution is 5.78. The third kappa shape index (κ3) is 3.67. The van der Waals surface area contributed by atoms with Crippen molar-refractivity contribution in [3.8, 4) is 12.3 Å². The third-order valence-electron chi connectivity index (χ3n) is 4.89. The summed E-state index contributed by atoms with van der Waals surface area (Å²) >= 11 is 0. The van der Waals surface area contributed by atoms with E-state index < -0.39 is 5.83 Å². The molecule has 0 aliphatic heterocycles. The number of pyridine rings is 1. The second kappa shape index (κ2) is 8.21. The Bertz CT molecular complexity index is 1320. The van der Waals surface area contributed by atoms with E-state index >= 15 is 0 Å². The minimum Gasteiger partial charge on any atom is -0.370 e. The van der Waals surface area contributed by atoms with Crippen molar-refractivity contribution >= 4 is 28.1 Å². The molecule has 2 N–H and O–H groups in total. The summed E-state index contributed by atoms with van der Waals surface area (Å²) in [7, 11) is 0. The highest BCUT2D eigenvalue weighted by atomic mass is 19.1. The maximum atomic E-state index is 13.7. The molecule has 4 aromatic rings. The summed E-state index contributed by atoms with van der Waals surface area (Å²) in [6.07, 6.45) is 14.6. The van der Waals surface area contributed by atoms with E-state index in [0.29, 0.717) is 23.5 Å². The molecule has 0 fully saturated rings. The standard InChI is InChI=1S/C23H21FN6/c1-4-16(11-18(24)5-2)20-12-21(30-23(29-20)15(3)13-28-30)25-10-8-17-14-27-19-7-6-9-26-22(17)19/h2,4,6-7,9,11-14,25,27H,8,10H2,1,3H3/b16-4+,18-11+. The van der Waals surface area contributed by atoms with Crippen LogP contribution in [0.5, 0.6) is 0 Å². The van der Waals surface area contributed by atoms with E-state index in [2.05, 4.69) is 25.4 Å². The van der Waals surface area contributed by atoms with Crippen LogP contribution in [-0.4, -0.2) is 31.1 Å². The van der Waals surface area contributed by atoms with E-state index in [1.165, 1.54) is 6.08 Å². The van der Waals surface area contributed by atoms with Gasteiger partial charge in [-0.25, -0.2) is 4.98 Å². The molecule has 0 radical (unpaired) electrons. The summed E-state index contributed by atoms with van der Waals surface area (Å²) in [5.74, 6) is 2.13. The second-order valence-corrected chi connectivity index (χ2v) is 6.86. The highest BCUT2D eigenvalue weighted by Crippen LogP contribution is 2.23. The first-order valence-corrected chi connectivity index (χ1v) is 9.61. The summed E-state index contributed by atoms with van der Waals surface area (Å²) in [5.41, 5.74) is 5.99. The summed E-state index contributed by atoms with van der Waals surface area (Å²) in [6, 6.07) is 5.76. The Hall–Kier alpha value is -3.92. The Balaban J connectivity index is 1.64. The van der Waals surface area contributed by atoms with Gasteiger partial charge in [-0.2, -0.15) is 14.0 Å². The van der Waals surface area contributed by atoms with Crippen LogP contribution in [0.1, 0.15) is 23.7 Å². The SMILES string of the molecule is C#C/C(F)=C\C(=C/C)c1cc(NCCc2c[nH]c3cccnc23)n2ncc(C)c2n1. The second-order valence-electron chi connectivity index (χ2n) is 6.86. The van der Waals surface area contributed by atoms with Gasteiger partial charge in [-0.15, -0.1) is 6.42 Å². The number of H-pyrrole nitrogens is 1. The molecule has 4 rings (SSSR count). The van der Waals surface area contributed by atoms with Crippen molar-refractivity contribution in [1.82, 2.24) is 24.6 Å². The number of aromatic amines is 1. The van der Waals surface area contributed by atoms with Crippen LogP contribution in [0.15, 0.2) is 54.8 Å². The molecular formula is C23H21FN6. The van der Waals surface area contributed by atoms with E-state index in [1.807, 2.05) is 44.2 Å². The molecule has 6 nitrogen and oxygen atoms in total. The predicted molar refractivity (Wildman–Crippen MR) is 118 cm³/mol. The summed E-state index contributed by atoms with van der Waals surface area (Å²) in [6.45, 7) is 4.43. The molecule has 0 amide bonds. The number of aromatic nitrogens is 5. The molecular weight excluding hydrogens is 379 g/mol. The number of terminal acetylenes is 1. The van der Waals surface area contributed by atoms with Crippen LogP contribution in [0.3, 0.4) is 0 Å². The van der Waals surface area contributed by atoms with Crippen LogP contribution in [0.4, 0.5) is 10.2 Å². The van der Waals surface area contributed by atoms with Crippen molar-refractivity contribution in [1.29, 1.82) is 0 Å². The number of allylic oxidation sites excluding steroid dienone is 4. The first-order chi connectivity index (χ1) is 14.6. The van der Waals surface area contributed by atoms with E-state index in [4.69, 9.17) is 6.42 Å². The Morgan fingerprint density at radius 3 is 3.10 bits per heavy atom. The van der Waals surface area contributed by atoms with Crippen molar-refractivity contribution in [2.45, 2.75) is 20.3 Å². The lowest BCUT2D eigenvalue weighted by atomic mass is 10.1. The lowest BCUT2D eigenvalue weighted by Crippen LogP contribution is -2.10. The zero-order chi connectivity index (χ0) is 21.1. The van der Waals surface area contributed by atoms with Gasteiger partial charge in [0.15, 0.2) is 11.5 Å². The van der Waals surface area contributed by atoms with Crippen LogP contribution in [0, 0.1) is 19.3 Å². The van der Waals surface area contributed by atoms with E-state index in [9.17, 15) is 4.39 Å². The average Bonchev–Trinajstić information content (AvgIpc) is 3.35. The van der Waals surface area contributed by atoms with E-state index in [0.717, 1.165) is 34.4 Å². The van der Waals surface area contributed by atoms with Gasteiger partial charge in [0.1, 0.15) is 5.82 Å². The fourth-order valence-corrected chi connectivity index (χ4v) is 3.36. The van der Waals surface area contributed by atoms with Gasteiger partial charge in [0.2, 0.25) is 0 Å². The van der Waals surface area contributed by atoms with Crippen molar-refractivity contribution < 1.29 is 4.39 Å². The van der Waals surface area contributed by atoms with Gasteiger partial charge in [0.05, 0.1) is 22.9 Å². The summed E-state index contributed by atoms with van der Waals surface area (Å²) in [4.78, 5) is 12.3. The Morgan fingerprint density at radius 2 is 2.30 bits per heavy atom. The van der Waals surface area contributed by atoms with Crippen molar-refractivity contribution in [3.05, 3.63) is 71.6 Å². The van der Waals surface area contributed by atoms with Crippen molar-refractivity contribution in [3.63, 3.8) is 0 Å². The van der Waals surface area contributed by atoms with E-state index in [1.54, 1.807) is 23.0 Å². The molecule has 0 aliphatic carbocycles. The van der Waals surface area contributed by atoms with Crippen LogP contribution < -0.4 is 5.32 Å². The lowest BCUT2D eigenvalue weighted by Gasteiger charge is -2.11. The van der Waals surface area contributed by atoms with Crippen molar-refractivity contribution in [2.75, 3.05) is 11.9 Å². The number of nitrogens with zero attached hydrogens (tertiary/aromatic N) is 4. The van der Waals surface area contributed by atoms with Gasteiger partial charge < -0.3 is 10.3 Å². The fourth-order valence-electron chi connectivity index (χ4n) is 3.36. The van der Waals surface area contributed by atoms with Crippen LogP contribution in [0.25, 0.3) is 22.3 Å². The number of aryl methyl sites for hydroxylation is 1. The molecule has 0 atom stereocenters. The Morgan fingerprint density at radius 1 is 1.43 bits per heavy atom. The average molecular weight is 400 g/mol. The number of anilines is 1. The largest absolute Gasteiger partial charge is 0.370 e. The fraction of sp³-hybridized carbons (Fsp3) is 0.174. The minimum atomic E-state index is -0.642. The molecule has 0 spiro atoms. The minimum absolute atomic E-state index is 0.609. The zero-order valence-corrected chi connectivity index (χ0v) is 16.8. The number of hydrogen-bond acceptors (Lipinski definition) is 4. The number of hydrogen-bond donors (Lipinski definition) is 2. The number of nitrogens with one attached hydrogen (secondary N) is 2. The van der Waals surface area contributed by atoms with Gasteiger partial charge >= 0.3 is 0 Å². The highest BCUT2D eigenvalue weighted by Gasteiger charge is 2.12. The lowest BCUT2D eigenvalue weighted by molar-refractivity contribution is 0.676. The predicted octanol–water partition coefficient (Wildman–Crippen LogP) is 4.46. The van der Waals surface area contributed by atoms with Crippen LogP contribution in [-0.2, 0) is 6.42 Å². The molecule has 0 bridgehead atoms. The maximum absolute atomic E-state index is 13.7. The first kappa shape index (κ1) is 19.4. The molecule has 150 valence electrons. The molecule has 0 unspecified atom stereocenters. The Labute approximate surface area is 173 Å². The molecule has 30 heavy (non-hydrogen) atoms. The van der Waals surface area contributed by atoms with Gasteiger partial charge in [-0.3, -0.25) is 4.98 Å². The maximum Gasteiger partial charge on any atom is 0.173 e. The molecule has 0 saturated carbocycles. The molecule has 4 aromatic heterocycles. The normalized spacial score (nSPS) is 12.5. The van der Waals surface area contributed by atoms with Gasteiger partial charge in [-0.1, -0.05) is 6.08 Å². The van der Waals surface area contributed by atoms with Crippen LogP contribution >= 0.6 is 0 Å². The quantitative estimate of drug-likeness (QED) is 0.370. The number of halogens is 1. The third-order valence-corrected chi connectivity index (χ3v) is 4.89. The van der Waals surface area contributed by atoms with Crippen molar-refractivity contribution in [2.24, 2.45) is 0 Å². The molecule has 0 aromatic carbocycles. The molecule has 0 saturated heterocycles. The molecule has 7 heteroatoms. The summed E-state index contributed by atoms with van der Waals surface area (Å²) < 4.78 is 15.4.